The predicted octanol–water partition coefficient (Wildman–Crippen LogP) is 3.28. The molecule has 2 rings (SSSR count). The SMILES string of the molecule is CCCNC(Cc1ncc[nH]1)c1c(F)ccc(C)c1F. The molecule has 0 saturated heterocycles. The summed E-state index contributed by atoms with van der Waals surface area (Å²) in [7, 11) is 0. The molecule has 0 aliphatic heterocycles. The molecule has 108 valence electrons. The largest absolute Gasteiger partial charge is 0.349 e. The van der Waals surface area contributed by atoms with Crippen LogP contribution in [0.2, 0.25) is 0 Å². The molecule has 0 fully saturated rings. The summed E-state index contributed by atoms with van der Waals surface area (Å²) in [6.07, 6.45) is 4.65. The van der Waals surface area contributed by atoms with Gasteiger partial charge in [-0.2, -0.15) is 0 Å². The van der Waals surface area contributed by atoms with Crippen molar-refractivity contribution in [3.63, 3.8) is 0 Å². The summed E-state index contributed by atoms with van der Waals surface area (Å²) in [6.45, 7) is 4.35. The van der Waals surface area contributed by atoms with E-state index < -0.39 is 17.7 Å². The summed E-state index contributed by atoms with van der Waals surface area (Å²) >= 11 is 0. The smallest absolute Gasteiger partial charge is 0.133 e. The number of aryl methyl sites for hydroxylation is 1. The molecular weight excluding hydrogens is 260 g/mol. The highest BCUT2D eigenvalue weighted by molar-refractivity contribution is 5.30. The molecule has 2 N–H and O–H groups in total. The molecule has 0 aliphatic rings. The fourth-order valence-corrected chi connectivity index (χ4v) is 2.20. The number of nitrogens with one attached hydrogen (secondary N) is 2. The molecule has 0 saturated carbocycles. The third kappa shape index (κ3) is 3.22. The van der Waals surface area contributed by atoms with Crippen LogP contribution in [0.4, 0.5) is 8.78 Å². The molecule has 20 heavy (non-hydrogen) atoms. The van der Waals surface area contributed by atoms with Crippen molar-refractivity contribution in [2.45, 2.75) is 32.7 Å². The number of hydrogen-bond donors (Lipinski definition) is 2. The van der Waals surface area contributed by atoms with Crippen LogP contribution in [0.5, 0.6) is 0 Å². The maximum absolute atomic E-state index is 14.3. The van der Waals surface area contributed by atoms with Crippen LogP contribution in [0.15, 0.2) is 24.5 Å². The fraction of sp³-hybridized carbons (Fsp3) is 0.400. The van der Waals surface area contributed by atoms with Crippen molar-refractivity contribution in [1.82, 2.24) is 15.3 Å². The average Bonchev–Trinajstić information content (AvgIpc) is 2.93. The van der Waals surface area contributed by atoms with Crippen LogP contribution in [-0.2, 0) is 6.42 Å². The fourth-order valence-electron chi connectivity index (χ4n) is 2.20. The number of aromatic nitrogens is 2. The monoisotopic (exact) mass is 279 g/mol. The zero-order chi connectivity index (χ0) is 14.5. The van der Waals surface area contributed by atoms with Crippen molar-refractivity contribution in [2.24, 2.45) is 0 Å². The van der Waals surface area contributed by atoms with Gasteiger partial charge in [0.15, 0.2) is 0 Å². The molecule has 1 unspecified atom stereocenters. The van der Waals surface area contributed by atoms with Gasteiger partial charge in [-0.3, -0.25) is 0 Å². The Morgan fingerprint density at radius 3 is 2.80 bits per heavy atom. The van der Waals surface area contributed by atoms with Gasteiger partial charge in [-0.15, -0.1) is 0 Å². The van der Waals surface area contributed by atoms with E-state index in [2.05, 4.69) is 15.3 Å². The second-order valence-corrected chi connectivity index (χ2v) is 4.84. The highest BCUT2D eigenvalue weighted by Gasteiger charge is 2.22. The number of benzene rings is 1. The van der Waals surface area contributed by atoms with Crippen LogP contribution >= 0.6 is 0 Å². The molecule has 0 spiro atoms. The molecule has 2 aromatic rings. The van der Waals surface area contributed by atoms with Gasteiger partial charge < -0.3 is 10.3 Å². The van der Waals surface area contributed by atoms with E-state index in [0.717, 1.165) is 6.42 Å². The molecule has 5 heteroatoms. The molecule has 0 radical (unpaired) electrons. The van der Waals surface area contributed by atoms with Crippen molar-refractivity contribution in [3.05, 3.63) is 53.1 Å². The van der Waals surface area contributed by atoms with Gasteiger partial charge in [0, 0.05) is 30.4 Å². The number of nitrogens with zero attached hydrogens (tertiary/aromatic N) is 1. The topological polar surface area (TPSA) is 40.7 Å². The van der Waals surface area contributed by atoms with E-state index in [1.807, 2.05) is 6.92 Å². The minimum Gasteiger partial charge on any atom is -0.349 e. The lowest BCUT2D eigenvalue weighted by Gasteiger charge is -2.20. The first-order valence-electron chi connectivity index (χ1n) is 6.79. The van der Waals surface area contributed by atoms with Crippen LogP contribution < -0.4 is 5.32 Å². The van der Waals surface area contributed by atoms with Crippen LogP contribution in [0.25, 0.3) is 0 Å². The Kier molecular flexibility index (Phi) is 4.84. The number of rotatable bonds is 6. The molecule has 1 aromatic carbocycles. The van der Waals surface area contributed by atoms with Crippen LogP contribution in [-0.4, -0.2) is 16.5 Å². The predicted molar refractivity (Wildman–Crippen MR) is 74.4 cm³/mol. The second kappa shape index (κ2) is 6.61. The Hall–Kier alpha value is -1.75. The minimum atomic E-state index is -0.520. The Morgan fingerprint density at radius 1 is 1.35 bits per heavy atom. The van der Waals surface area contributed by atoms with Gasteiger partial charge in [-0.25, -0.2) is 13.8 Å². The van der Waals surface area contributed by atoms with Crippen molar-refractivity contribution in [1.29, 1.82) is 0 Å². The van der Waals surface area contributed by atoms with Gasteiger partial charge in [0.25, 0.3) is 0 Å². The van der Waals surface area contributed by atoms with Crippen molar-refractivity contribution in [3.8, 4) is 0 Å². The second-order valence-electron chi connectivity index (χ2n) is 4.84. The van der Waals surface area contributed by atoms with Crippen LogP contribution in [0.1, 0.15) is 36.3 Å². The summed E-state index contributed by atoms with van der Waals surface area (Å²) in [5.41, 5.74) is 0.541. The zero-order valence-electron chi connectivity index (χ0n) is 11.7. The third-order valence-corrected chi connectivity index (χ3v) is 3.26. The Balaban J connectivity index is 2.33. The molecule has 1 aromatic heterocycles. The number of H-pyrrole nitrogens is 1. The summed E-state index contributed by atoms with van der Waals surface area (Å²) in [5.74, 6) is -0.294. The van der Waals surface area contributed by atoms with Gasteiger partial charge in [0.1, 0.15) is 17.5 Å². The van der Waals surface area contributed by atoms with Crippen molar-refractivity contribution >= 4 is 0 Å². The van der Waals surface area contributed by atoms with E-state index in [1.54, 1.807) is 19.3 Å². The Labute approximate surface area is 117 Å². The number of aromatic amines is 1. The lowest BCUT2D eigenvalue weighted by Crippen LogP contribution is -2.26. The number of imidazole rings is 1. The first kappa shape index (κ1) is 14.7. The van der Waals surface area contributed by atoms with E-state index in [4.69, 9.17) is 0 Å². The maximum atomic E-state index is 14.3. The van der Waals surface area contributed by atoms with Gasteiger partial charge in [0.2, 0.25) is 0 Å². The highest BCUT2D eigenvalue weighted by Crippen LogP contribution is 2.25. The van der Waals surface area contributed by atoms with E-state index in [9.17, 15) is 8.78 Å². The van der Waals surface area contributed by atoms with Crippen molar-refractivity contribution < 1.29 is 8.78 Å². The van der Waals surface area contributed by atoms with Gasteiger partial charge in [-0.1, -0.05) is 13.0 Å². The Morgan fingerprint density at radius 2 is 2.15 bits per heavy atom. The molecule has 1 heterocycles. The maximum Gasteiger partial charge on any atom is 0.133 e. The first-order chi connectivity index (χ1) is 9.63. The lowest BCUT2D eigenvalue weighted by atomic mass is 9.99. The molecule has 3 nitrogen and oxygen atoms in total. The number of hydrogen-bond acceptors (Lipinski definition) is 2. The molecule has 0 aliphatic carbocycles. The standard InChI is InChI=1S/C15H19F2N3/c1-3-6-18-12(9-13-19-7-8-20-13)14-11(16)5-4-10(2)15(14)17/h4-5,7-8,12,18H,3,6,9H2,1-2H3,(H,19,20). The van der Waals surface area contributed by atoms with Crippen molar-refractivity contribution in [2.75, 3.05) is 6.54 Å². The van der Waals surface area contributed by atoms with Gasteiger partial charge in [0.05, 0.1) is 0 Å². The molecule has 1 atom stereocenters. The summed E-state index contributed by atoms with van der Waals surface area (Å²) in [6, 6.07) is 2.34. The lowest BCUT2D eigenvalue weighted by molar-refractivity contribution is 0.457. The average molecular weight is 279 g/mol. The highest BCUT2D eigenvalue weighted by atomic mass is 19.1. The number of halogens is 2. The summed E-state index contributed by atoms with van der Waals surface area (Å²) in [5, 5.41) is 3.19. The van der Waals surface area contributed by atoms with E-state index >= 15 is 0 Å². The minimum absolute atomic E-state index is 0.0925. The molecular formula is C15H19F2N3. The molecule has 0 amide bonds. The molecule has 0 bridgehead atoms. The summed E-state index contributed by atoms with van der Waals surface area (Å²) in [4.78, 5) is 7.10. The van der Waals surface area contributed by atoms with E-state index in [-0.39, 0.29) is 5.56 Å². The third-order valence-electron chi connectivity index (χ3n) is 3.26. The summed E-state index contributed by atoms with van der Waals surface area (Å²) < 4.78 is 28.3. The normalized spacial score (nSPS) is 12.6. The zero-order valence-corrected chi connectivity index (χ0v) is 11.7. The van der Waals surface area contributed by atoms with E-state index in [1.165, 1.54) is 12.1 Å². The van der Waals surface area contributed by atoms with Gasteiger partial charge >= 0.3 is 0 Å². The van der Waals surface area contributed by atoms with Crippen LogP contribution in [0.3, 0.4) is 0 Å². The first-order valence-corrected chi connectivity index (χ1v) is 6.79. The van der Waals surface area contributed by atoms with Gasteiger partial charge in [-0.05, 0) is 31.5 Å². The quantitative estimate of drug-likeness (QED) is 0.852. The Bertz CT molecular complexity index is 552. The van der Waals surface area contributed by atoms with E-state index in [0.29, 0.717) is 24.4 Å². The van der Waals surface area contributed by atoms with Crippen LogP contribution in [0, 0.1) is 18.6 Å².